The quantitative estimate of drug-likeness (QED) is 0.672. The van der Waals surface area contributed by atoms with E-state index in [-0.39, 0.29) is 10.9 Å². The number of thiophene rings is 1. The Hall–Kier alpha value is -1.98. The molecule has 2 heterocycles. The fraction of sp³-hybridized carbons (Fsp3) is 0.500. The standard InChI is InChI=1S/C12H13N3O4S/c13-7-9(10-1-2-11(20-10)15(18)19)14-5-3-8(4-6-14)12(16)17/h1-2,8-9H,3-6H2,(H,16,17). The van der Waals surface area contributed by atoms with Crippen LogP contribution in [0.5, 0.6) is 0 Å². The van der Waals surface area contributed by atoms with E-state index in [4.69, 9.17) is 5.11 Å². The molecule has 1 N–H and O–H groups in total. The van der Waals surface area contributed by atoms with Crippen molar-refractivity contribution in [2.24, 2.45) is 5.92 Å². The molecule has 0 saturated carbocycles. The van der Waals surface area contributed by atoms with E-state index in [0.29, 0.717) is 30.8 Å². The molecule has 106 valence electrons. The molecular weight excluding hydrogens is 282 g/mol. The number of nitro groups is 1. The Morgan fingerprint density at radius 1 is 1.55 bits per heavy atom. The van der Waals surface area contributed by atoms with Crippen molar-refractivity contribution in [3.63, 3.8) is 0 Å². The first-order chi connectivity index (χ1) is 9.52. The lowest BCUT2D eigenvalue weighted by Crippen LogP contribution is -2.38. The summed E-state index contributed by atoms with van der Waals surface area (Å²) in [6.45, 7) is 1.03. The van der Waals surface area contributed by atoms with Crippen LogP contribution in [0.15, 0.2) is 12.1 Å². The molecule has 20 heavy (non-hydrogen) atoms. The first-order valence-corrected chi connectivity index (χ1v) is 6.95. The summed E-state index contributed by atoms with van der Waals surface area (Å²) in [4.78, 5) is 23.6. The van der Waals surface area contributed by atoms with Crippen LogP contribution in [0, 0.1) is 27.4 Å². The SMILES string of the molecule is N#CC(c1ccc([N+](=O)[O-])s1)N1CCC(C(=O)O)CC1. The molecule has 1 unspecified atom stereocenters. The monoisotopic (exact) mass is 295 g/mol. The van der Waals surface area contributed by atoms with Gasteiger partial charge >= 0.3 is 11.0 Å². The van der Waals surface area contributed by atoms with Crippen LogP contribution in [0.4, 0.5) is 5.00 Å². The van der Waals surface area contributed by atoms with Crippen molar-refractivity contribution in [1.29, 1.82) is 5.26 Å². The number of rotatable bonds is 4. The predicted molar refractivity (Wildman–Crippen MR) is 71.3 cm³/mol. The lowest BCUT2D eigenvalue weighted by Gasteiger charge is -2.32. The van der Waals surface area contributed by atoms with Gasteiger partial charge in [0.2, 0.25) is 0 Å². The topological polar surface area (TPSA) is 107 Å². The van der Waals surface area contributed by atoms with Crippen molar-refractivity contribution in [2.75, 3.05) is 13.1 Å². The Morgan fingerprint density at radius 3 is 2.65 bits per heavy atom. The maximum Gasteiger partial charge on any atom is 0.324 e. The van der Waals surface area contributed by atoms with Gasteiger partial charge < -0.3 is 5.11 Å². The number of nitrogens with zero attached hydrogens (tertiary/aromatic N) is 3. The first-order valence-electron chi connectivity index (χ1n) is 6.13. The number of aliphatic carboxylic acids is 1. The van der Waals surface area contributed by atoms with E-state index in [1.165, 1.54) is 6.07 Å². The zero-order valence-electron chi connectivity index (χ0n) is 10.6. The molecule has 1 aliphatic rings. The molecule has 1 aliphatic heterocycles. The Bertz CT molecular complexity index is 557. The van der Waals surface area contributed by atoms with Crippen molar-refractivity contribution >= 4 is 22.3 Å². The highest BCUT2D eigenvalue weighted by atomic mass is 32.1. The summed E-state index contributed by atoms with van der Waals surface area (Å²) in [5, 5.41) is 28.9. The number of piperidine rings is 1. The molecule has 1 saturated heterocycles. The fourth-order valence-corrected chi connectivity index (χ4v) is 3.22. The van der Waals surface area contributed by atoms with E-state index in [1.54, 1.807) is 6.07 Å². The Kier molecular flexibility index (Phi) is 4.32. The molecule has 0 radical (unpaired) electrons. The highest BCUT2D eigenvalue weighted by Gasteiger charge is 2.30. The zero-order chi connectivity index (χ0) is 14.7. The molecule has 0 aromatic carbocycles. The van der Waals surface area contributed by atoms with Crippen LogP contribution in [0.2, 0.25) is 0 Å². The average Bonchev–Trinajstić information content (AvgIpc) is 2.90. The largest absolute Gasteiger partial charge is 0.481 e. The first kappa shape index (κ1) is 14.4. The van der Waals surface area contributed by atoms with Crippen LogP contribution >= 0.6 is 11.3 Å². The smallest absolute Gasteiger partial charge is 0.324 e. The summed E-state index contributed by atoms with van der Waals surface area (Å²) in [6, 6.07) is 4.61. The van der Waals surface area contributed by atoms with E-state index in [2.05, 4.69) is 6.07 Å². The Morgan fingerprint density at radius 2 is 2.20 bits per heavy atom. The number of carboxylic acid groups (broad SMARTS) is 1. The molecule has 1 atom stereocenters. The summed E-state index contributed by atoms with van der Waals surface area (Å²) in [5.74, 6) is -1.16. The number of hydrogen-bond donors (Lipinski definition) is 1. The lowest BCUT2D eigenvalue weighted by molar-refractivity contribution is -0.380. The normalized spacial score (nSPS) is 18.4. The summed E-state index contributed by atoms with van der Waals surface area (Å²) in [7, 11) is 0. The van der Waals surface area contributed by atoms with Gasteiger partial charge in [-0.1, -0.05) is 11.3 Å². The number of likely N-dealkylation sites (tertiary alicyclic amines) is 1. The minimum atomic E-state index is -0.801. The van der Waals surface area contributed by atoms with Crippen LogP contribution in [-0.4, -0.2) is 34.0 Å². The minimum Gasteiger partial charge on any atom is -0.481 e. The summed E-state index contributed by atoms with van der Waals surface area (Å²) < 4.78 is 0. The molecule has 1 aromatic rings. The van der Waals surface area contributed by atoms with E-state index in [1.807, 2.05) is 4.90 Å². The van der Waals surface area contributed by atoms with Crippen molar-refractivity contribution in [3.8, 4) is 6.07 Å². The van der Waals surface area contributed by atoms with Gasteiger partial charge in [0, 0.05) is 24.0 Å². The maximum atomic E-state index is 10.9. The molecule has 0 spiro atoms. The van der Waals surface area contributed by atoms with Crippen molar-refractivity contribution in [1.82, 2.24) is 4.90 Å². The van der Waals surface area contributed by atoms with E-state index >= 15 is 0 Å². The molecule has 1 aromatic heterocycles. The highest BCUT2D eigenvalue weighted by Crippen LogP contribution is 2.33. The van der Waals surface area contributed by atoms with Crippen LogP contribution in [0.3, 0.4) is 0 Å². The summed E-state index contributed by atoms with van der Waals surface area (Å²) >= 11 is 0.995. The second-order valence-electron chi connectivity index (χ2n) is 4.61. The van der Waals surface area contributed by atoms with Gasteiger partial charge in [-0.25, -0.2) is 0 Å². The van der Waals surface area contributed by atoms with Crippen molar-refractivity contribution in [2.45, 2.75) is 18.9 Å². The van der Waals surface area contributed by atoms with E-state index in [9.17, 15) is 20.2 Å². The fourth-order valence-electron chi connectivity index (χ4n) is 2.32. The molecule has 2 rings (SSSR count). The Balaban J connectivity index is 2.08. The lowest BCUT2D eigenvalue weighted by atomic mass is 9.96. The van der Waals surface area contributed by atoms with Crippen molar-refractivity contribution in [3.05, 3.63) is 27.1 Å². The van der Waals surface area contributed by atoms with E-state index in [0.717, 1.165) is 11.3 Å². The van der Waals surface area contributed by atoms with Crippen LogP contribution in [0.1, 0.15) is 23.8 Å². The third-order valence-electron chi connectivity index (χ3n) is 3.43. The highest BCUT2D eigenvalue weighted by molar-refractivity contribution is 7.15. The van der Waals surface area contributed by atoms with Crippen LogP contribution < -0.4 is 0 Å². The second-order valence-corrected chi connectivity index (χ2v) is 5.71. The van der Waals surface area contributed by atoms with Gasteiger partial charge in [-0.2, -0.15) is 5.26 Å². The average molecular weight is 295 g/mol. The maximum absolute atomic E-state index is 10.9. The van der Waals surface area contributed by atoms with E-state index < -0.39 is 16.9 Å². The molecule has 7 nitrogen and oxygen atoms in total. The van der Waals surface area contributed by atoms with Gasteiger partial charge in [0.25, 0.3) is 0 Å². The number of carbonyl (C=O) groups is 1. The minimum absolute atomic E-state index is 0.0145. The zero-order valence-corrected chi connectivity index (χ0v) is 11.4. The van der Waals surface area contributed by atoms with Crippen molar-refractivity contribution < 1.29 is 14.8 Å². The molecular formula is C12H13N3O4S. The van der Waals surface area contributed by atoms with Gasteiger partial charge in [0.1, 0.15) is 6.04 Å². The molecule has 0 aliphatic carbocycles. The van der Waals surface area contributed by atoms with Gasteiger partial charge in [-0.05, 0) is 18.9 Å². The molecule has 0 amide bonds. The van der Waals surface area contributed by atoms with Crippen LogP contribution in [0.25, 0.3) is 0 Å². The summed E-state index contributed by atoms with van der Waals surface area (Å²) in [5.41, 5.74) is 0. The summed E-state index contributed by atoms with van der Waals surface area (Å²) in [6.07, 6.45) is 1.00. The third-order valence-corrected chi connectivity index (χ3v) is 4.52. The number of carboxylic acids is 1. The van der Waals surface area contributed by atoms with Gasteiger partial charge in [-0.15, -0.1) is 0 Å². The molecule has 1 fully saturated rings. The molecule has 0 bridgehead atoms. The Labute approximate surface area is 119 Å². The second kappa shape index (κ2) is 5.98. The van der Waals surface area contributed by atoms with Gasteiger partial charge in [0.05, 0.1) is 16.9 Å². The molecule has 8 heteroatoms. The number of nitriles is 1. The van der Waals surface area contributed by atoms with Gasteiger partial charge in [0.15, 0.2) is 0 Å². The van der Waals surface area contributed by atoms with Gasteiger partial charge in [-0.3, -0.25) is 19.8 Å². The van der Waals surface area contributed by atoms with Crippen LogP contribution in [-0.2, 0) is 4.79 Å². The third kappa shape index (κ3) is 2.95. The number of hydrogen-bond acceptors (Lipinski definition) is 6. The predicted octanol–water partition coefficient (Wildman–Crippen LogP) is 2.02.